The number of fused-ring (bicyclic) bond motifs is 1. The lowest BCUT2D eigenvalue weighted by molar-refractivity contribution is 0.0951. The number of hydrazone groups is 1. The smallest absolute Gasteiger partial charge is 0.288 e. The summed E-state index contributed by atoms with van der Waals surface area (Å²) in [5.41, 5.74) is 6.48. The van der Waals surface area contributed by atoms with Gasteiger partial charge in [-0.3, -0.25) is 4.79 Å². The molecule has 5 nitrogen and oxygen atoms in total. The van der Waals surface area contributed by atoms with Gasteiger partial charge in [0.25, 0.3) is 5.91 Å². The summed E-state index contributed by atoms with van der Waals surface area (Å²) < 4.78 is 5.67. The van der Waals surface area contributed by atoms with Gasteiger partial charge in [-0.1, -0.05) is 55.3 Å². The van der Waals surface area contributed by atoms with E-state index < -0.39 is 0 Å². The van der Waals surface area contributed by atoms with Crippen molar-refractivity contribution in [1.82, 2.24) is 10.4 Å². The van der Waals surface area contributed by atoms with Crippen molar-refractivity contribution in [2.45, 2.75) is 19.8 Å². The van der Waals surface area contributed by atoms with Crippen LogP contribution >= 0.6 is 11.6 Å². The van der Waals surface area contributed by atoms with Crippen LogP contribution in [0.3, 0.4) is 0 Å². The van der Waals surface area contributed by atoms with E-state index in [9.17, 15) is 4.79 Å². The zero-order chi connectivity index (χ0) is 22.3. The van der Waals surface area contributed by atoms with Gasteiger partial charge >= 0.3 is 0 Å². The molecule has 2 N–H and O–H groups in total. The summed E-state index contributed by atoms with van der Waals surface area (Å²) in [6.45, 7) is 2.84. The fourth-order valence-corrected chi connectivity index (χ4v) is 3.62. The highest BCUT2D eigenvalue weighted by atomic mass is 35.5. The third-order valence-corrected chi connectivity index (χ3v) is 5.31. The molecule has 4 aromatic rings. The van der Waals surface area contributed by atoms with Crippen molar-refractivity contribution < 1.29 is 9.53 Å². The third kappa shape index (κ3) is 5.01. The predicted molar refractivity (Wildman–Crippen MR) is 131 cm³/mol. The van der Waals surface area contributed by atoms with Gasteiger partial charge in [0.2, 0.25) is 0 Å². The number of ether oxygens (including phenoxy) is 1. The van der Waals surface area contributed by atoms with Crippen LogP contribution in [0.5, 0.6) is 5.75 Å². The predicted octanol–water partition coefficient (Wildman–Crippen LogP) is 6.43. The lowest BCUT2D eigenvalue weighted by Crippen LogP contribution is -2.18. The third-order valence-electron chi connectivity index (χ3n) is 5.08. The second-order valence-electron chi connectivity index (χ2n) is 7.40. The standard InChI is InChI=1S/C26H24ClN3O2/c1-2-3-15-32-21-12-9-18(10-13-21)17-28-30-26(31)25-24(19-7-5-4-6-8-19)22-16-20(27)11-14-23(22)29-25/h4-14,16-17,29H,2-3,15H2,1H3,(H,30,31)/b28-17+. The molecule has 0 spiro atoms. The minimum Gasteiger partial charge on any atom is -0.494 e. The van der Waals surface area contributed by atoms with Gasteiger partial charge in [0.15, 0.2) is 0 Å². The molecule has 0 saturated carbocycles. The van der Waals surface area contributed by atoms with Gasteiger partial charge in [0, 0.05) is 21.5 Å². The van der Waals surface area contributed by atoms with Gasteiger partial charge in [0.1, 0.15) is 11.4 Å². The highest BCUT2D eigenvalue weighted by Gasteiger charge is 2.19. The molecule has 0 saturated heterocycles. The van der Waals surface area contributed by atoms with Gasteiger partial charge < -0.3 is 9.72 Å². The summed E-state index contributed by atoms with van der Waals surface area (Å²) in [5, 5.41) is 5.63. The molecular formula is C26H24ClN3O2. The zero-order valence-electron chi connectivity index (χ0n) is 17.8. The summed E-state index contributed by atoms with van der Waals surface area (Å²) in [6.07, 6.45) is 3.73. The molecule has 0 aliphatic rings. The first-order valence-corrected chi connectivity index (χ1v) is 11.0. The molecule has 0 unspecified atom stereocenters. The summed E-state index contributed by atoms with van der Waals surface area (Å²) in [6, 6.07) is 22.9. The van der Waals surface area contributed by atoms with Crippen LogP contribution in [0.15, 0.2) is 77.9 Å². The van der Waals surface area contributed by atoms with E-state index in [4.69, 9.17) is 16.3 Å². The van der Waals surface area contributed by atoms with Crippen LogP contribution in [0, 0.1) is 0 Å². The number of H-pyrrole nitrogens is 1. The molecule has 162 valence electrons. The topological polar surface area (TPSA) is 66.5 Å². The number of nitrogens with zero attached hydrogens (tertiary/aromatic N) is 1. The molecule has 0 bridgehead atoms. The van der Waals surface area contributed by atoms with Crippen molar-refractivity contribution in [3.8, 4) is 16.9 Å². The van der Waals surface area contributed by atoms with E-state index in [1.54, 1.807) is 12.3 Å². The Balaban J connectivity index is 1.53. The Hall–Kier alpha value is -3.57. The number of unbranched alkanes of at least 4 members (excludes halogenated alkanes) is 1. The van der Waals surface area contributed by atoms with E-state index >= 15 is 0 Å². The monoisotopic (exact) mass is 445 g/mol. The van der Waals surface area contributed by atoms with Gasteiger partial charge in [-0.25, -0.2) is 5.43 Å². The number of hydrogen-bond donors (Lipinski definition) is 2. The lowest BCUT2D eigenvalue weighted by Gasteiger charge is -2.05. The minimum atomic E-state index is -0.327. The maximum Gasteiger partial charge on any atom is 0.288 e. The van der Waals surface area contributed by atoms with Crippen molar-refractivity contribution in [2.24, 2.45) is 5.10 Å². The molecule has 1 aromatic heterocycles. The second kappa shape index (κ2) is 10.2. The second-order valence-corrected chi connectivity index (χ2v) is 7.84. The number of rotatable bonds is 8. The van der Waals surface area contributed by atoms with E-state index in [0.717, 1.165) is 46.2 Å². The summed E-state index contributed by atoms with van der Waals surface area (Å²) in [7, 11) is 0. The number of carbonyl (C=O) groups is 1. The molecule has 1 heterocycles. The van der Waals surface area contributed by atoms with Crippen LogP contribution < -0.4 is 10.2 Å². The van der Waals surface area contributed by atoms with Crippen molar-refractivity contribution in [3.05, 3.63) is 89.1 Å². The Morgan fingerprint density at radius 1 is 1.09 bits per heavy atom. The van der Waals surface area contributed by atoms with E-state index in [0.29, 0.717) is 17.3 Å². The van der Waals surface area contributed by atoms with Crippen LogP contribution in [-0.2, 0) is 0 Å². The largest absolute Gasteiger partial charge is 0.494 e. The molecule has 0 radical (unpaired) electrons. The highest BCUT2D eigenvalue weighted by Crippen LogP contribution is 2.34. The van der Waals surface area contributed by atoms with Crippen LogP contribution in [-0.4, -0.2) is 23.7 Å². The van der Waals surface area contributed by atoms with Crippen LogP contribution in [0.1, 0.15) is 35.8 Å². The molecule has 1 amide bonds. The number of carbonyl (C=O) groups excluding carboxylic acids is 1. The molecule has 4 rings (SSSR count). The number of halogens is 1. The molecule has 6 heteroatoms. The zero-order valence-corrected chi connectivity index (χ0v) is 18.5. The van der Waals surface area contributed by atoms with Crippen molar-refractivity contribution in [3.63, 3.8) is 0 Å². The normalized spacial score (nSPS) is 11.2. The molecule has 0 aliphatic heterocycles. The summed E-state index contributed by atoms with van der Waals surface area (Å²) in [5.74, 6) is 0.496. The Labute approximate surface area is 192 Å². The molecule has 0 aliphatic carbocycles. The van der Waals surface area contributed by atoms with Gasteiger partial charge in [-0.05, 0) is 60.0 Å². The van der Waals surface area contributed by atoms with Crippen LogP contribution in [0.4, 0.5) is 0 Å². The van der Waals surface area contributed by atoms with Crippen molar-refractivity contribution in [1.29, 1.82) is 0 Å². The molecule has 0 atom stereocenters. The van der Waals surface area contributed by atoms with E-state index in [2.05, 4.69) is 22.4 Å². The van der Waals surface area contributed by atoms with Crippen LogP contribution in [0.2, 0.25) is 5.02 Å². The molecular weight excluding hydrogens is 422 g/mol. The highest BCUT2D eigenvalue weighted by molar-refractivity contribution is 6.31. The van der Waals surface area contributed by atoms with Crippen LogP contribution in [0.25, 0.3) is 22.0 Å². The number of aromatic amines is 1. The number of aromatic nitrogens is 1. The minimum absolute atomic E-state index is 0.327. The average Bonchev–Trinajstić information content (AvgIpc) is 3.19. The van der Waals surface area contributed by atoms with Crippen molar-refractivity contribution >= 4 is 34.6 Å². The summed E-state index contributed by atoms with van der Waals surface area (Å²) >= 11 is 6.22. The van der Waals surface area contributed by atoms with E-state index in [1.165, 1.54) is 0 Å². The summed E-state index contributed by atoms with van der Waals surface area (Å²) in [4.78, 5) is 16.2. The quantitative estimate of drug-likeness (QED) is 0.186. The number of nitrogens with one attached hydrogen (secondary N) is 2. The fraction of sp³-hybridized carbons (Fsp3) is 0.154. The molecule has 3 aromatic carbocycles. The fourth-order valence-electron chi connectivity index (χ4n) is 3.44. The Bertz CT molecular complexity index is 1230. The van der Waals surface area contributed by atoms with Crippen molar-refractivity contribution in [2.75, 3.05) is 6.61 Å². The van der Waals surface area contributed by atoms with E-state index in [-0.39, 0.29) is 5.91 Å². The Kier molecular flexibility index (Phi) is 6.87. The first kappa shape index (κ1) is 21.7. The maximum absolute atomic E-state index is 13.0. The first-order valence-electron chi connectivity index (χ1n) is 10.6. The number of amides is 1. The average molecular weight is 446 g/mol. The Morgan fingerprint density at radius 3 is 2.62 bits per heavy atom. The maximum atomic E-state index is 13.0. The first-order chi connectivity index (χ1) is 15.7. The van der Waals surface area contributed by atoms with E-state index in [1.807, 2.05) is 66.7 Å². The number of benzene rings is 3. The lowest BCUT2D eigenvalue weighted by atomic mass is 10.0. The van der Waals surface area contributed by atoms with Gasteiger partial charge in [-0.2, -0.15) is 5.10 Å². The number of hydrogen-bond acceptors (Lipinski definition) is 3. The van der Waals surface area contributed by atoms with Gasteiger partial charge in [-0.15, -0.1) is 0 Å². The van der Waals surface area contributed by atoms with Gasteiger partial charge in [0.05, 0.1) is 12.8 Å². The SMILES string of the molecule is CCCCOc1ccc(/C=N/NC(=O)c2[nH]c3ccc(Cl)cc3c2-c2ccccc2)cc1. The molecule has 0 fully saturated rings. The molecule has 32 heavy (non-hydrogen) atoms. The Morgan fingerprint density at radius 2 is 1.88 bits per heavy atom.